The van der Waals surface area contributed by atoms with E-state index in [1.807, 2.05) is 17.5 Å². The molecule has 4 nitrogen and oxygen atoms in total. The maximum Gasteiger partial charge on any atom is 0.250 e. The standard InChI is InChI=1S/C14H10N2O2S/c15-14(18)12-5-9(3-8-1-2-16-13(8)12)10-4-11(6-17)19-7-10/h1-7,16H,(H2,15,18). The number of amides is 1. The van der Waals surface area contributed by atoms with Crippen molar-refractivity contribution in [1.29, 1.82) is 0 Å². The zero-order valence-electron chi connectivity index (χ0n) is 9.84. The van der Waals surface area contributed by atoms with E-state index >= 15 is 0 Å². The molecule has 0 saturated carbocycles. The molecule has 0 bridgehead atoms. The molecule has 1 amide bonds. The van der Waals surface area contributed by atoms with Crippen LogP contribution in [0.25, 0.3) is 22.0 Å². The maximum atomic E-state index is 11.5. The predicted molar refractivity (Wildman–Crippen MR) is 75.5 cm³/mol. The minimum Gasteiger partial charge on any atom is -0.366 e. The summed E-state index contributed by atoms with van der Waals surface area (Å²) < 4.78 is 0. The number of H-pyrrole nitrogens is 1. The second kappa shape index (κ2) is 4.37. The van der Waals surface area contributed by atoms with Crippen molar-refractivity contribution in [2.45, 2.75) is 0 Å². The molecule has 0 atom stereocenters. The van der Waals surface area contributed by atoms with Crippen LogP contribution in [-0.4, -0.2) is 17.2 Å². The summed E-state index contributed by atoms with van der Waals surface area (Å²) in [4.78, 5) is 25.9. The molecule has 3 rings (SSSR count). The van der Waals surface area contributed by atoms with Crippen LogP contribution in [0.5, 0.6) is 0 Å². The smallest absolute Gasteiger partial charge is 0.250 e. The third-order valence-electron chi connectivity index (χ3n) is 2.99. The van der Waals surface area contributed by atoms with Gasteiger partial charge in [0.05, 0.1) is 16.0 Å². The van der Waals surface area contributed by atoms with Crippen molar-refractivity contribution >= 4 is 34.4 Å². The Labute approximate surface area is 112 Å². The molecule has 0 aliphatic heterocycles. The summed E-state index contributed by atoms with van der Waals surface area (Å²) in [6.45, 7) is 0. The fourth-order valence-corrected chi connectivity index (χ4v) is 2.82. The molecule has 0 unspecified atom stereocenters. The van der Waals surface area contributed by atoms with Crippen LogP contribution in [0.2, 0.25) is 0 Å². The molecular formula is C14H10N2O2S. The first-order valence-electron chi connectivity index (χ1n) is 5.64. The quantitative estimate of drug-likeness (QED) is 0.718. The molecule has 2 aromatic heterocycles. The molecule has 0 fully saturated rings. The number of carbonyl (C=O) groups excluding carboxylic acids is 2. The monoisotopic (exact) mass is 270 g/mol. The van der Waals surface area contributed by atoms with Crippen molar-refractivity contribution in [3.8, 4) is 11.1 Å². The van der Waals surface area contributed by atoms with Gasteiger partial charge in [-0.15, -0.1) is 11.3 Å². The minimum absolute atomic E-state index is 0.455. The van der Waals surface area contributed by atoms with Crippen molar-refractivity contribution in [3.63, 3.8) is 0 Å². The molecule has 0 radical (unpaired) electrons. The van der Waals surface area contributed by atoms with Crippen molar-refractivity contribution < 1.29 is 9.59 Å². The molecule has 19 heavy (non-hydrogen) atoms. The number of nitrogens with one attached hydrogen (secondary N) is 1. The normalized spacial score (nSPS) is 10.7. The summed E-state index contributed by atoms with van der Waals surface area (Å²) in [7, 11) is 0. The van der Waals surface area contributed by atoms with E-state index in [-0.39, 0.29) is 0 Å². The maximum absolute atomic E-state index is 11.5. The molecule has 2 heterocycles. The number of rotatable bonds is 3. The average molecular weight is 270 g/mol. The first kappa shape index (κ1) is 11.7. The van der Waals surface area contributed by atoms with Gasteiger partial charge in [0.1, 0.15) is 0 Å². The van der Waals surface area contributed by atoms with Crippen LogP contribution in [0.3, 0.4) is 0 Å². The molecule has 94 valence electrons. The number of fused-ring (bicyclic) bond motifs is 1. The first-order valence-corrected chi connectivity index (χ1v) is 6.52. The number of carbonyl (C=O) groups is 2. The van der Waals surface area contributed by atoms with Crippen molar-refractivity contribution in [1.82, 2.24) is 4.98 Å². The van der Waals surface area contributed by atoms with Gasteiger partial charge >= 0.3 is 0 Å². The van der Waals surface area contributed by atoms with Crippen molar-refractivity contribution in [2.75, 3.05) is 0 Å². The van der Waals surface area contributed by atoms with E-state index in [1.165, 1.54) is 11.3 Å². The topological polar surface area (TPSA) is 76.0 Å². The largest absolute Gasteiger partial charge is 0.366 e. The fourth-order valence-electron chi connectivity index (χ4n) is 2.10. The number of hydrogen-bond acceptors (Lipinski definition) is 3. The van der Waals surface area contributed by atoms with E-state index in [4.69, 9.17) is 5.73 Å². The Morgan fingerprint density at radius 1 is 1.26 bits per heavy atom. The van der Waals surface area contributed by atoms with Gasteiger partial charge < -0.3 is 10.7 Å². The SMILES string of the molecule is NC(=O)c1cc(-c2csc(C=O)c2)cc2cc[nH]c12. The summed E-state index contributed by atoms with van der Waals surface area (Å²) in [6, 6.07) is 7.40. The summed E-state index contributed by atoms with van der Waals surface area (Å²) in [6.07, 6.45) is 2.59. The lowest BCUT2D eigenvalue weighted by molar-refractivity contribution is 0.100. The number of hydrogen-bond donors (Lipinski definition) is 2. The van der Waals surface area contributed by atoms with Gasteiger partial charge in [0.25, 0.3) is 5.91 Å². The highest BCUT2D eigenvalue weighted by atomic mass is 32.1. The number of primary amides is 1. The van der Waals surface area contributed by atoms with Gasteiger partial charge in [0.2, 0.25) is 0 Å². The molecule has 3 N–H and O–H groups in total. The summed E-state index contributed by atoms with van der Waals surface area (Å²) in [5.74, 6) is -0.472. The van der Waals surface area contributed by atoms with E-state index in [2.05, 4.69) is 4.98 Å². The lowest BCUT2D eigenvalue weighted by Gasteiger charge is -2.03. The third-order valence-corrected chi connectivity index (χ3v) is 3.85. The second-order valence-corrected chi connectivity index (χ2v) is 5.13. The molecule has 5 heteroatoms. The van der Waals surface area contributed by atoms with Gasteiger partial charge in [-0.05, 0) is 40.8 Å². The van der Waals surface area contributed by atoms with Crippen molar-refractivity contribution in [2.24, 2.45) is 5.73 Å². The zero-order chi connectivity index (χ0) is 13.4. The third kappa shape index (κ3) is 1.94. The summed E-state index contributed by atoms with van der Waals surface area (Å²) in [5.41, 5.74) is 8.39. The summed E-state index contributed by atoms with van der Waals surface area (Å²) >= 11 is 1.37. The lowest BCUT2D eigenvalue weighted by Crippen LogP contribution is -2.11. The summed E-state index contributed by atoms with van der Waals surface area (Å²) in [5, 5.41) is 2.81. The number of nitrogens with two attached hydrogens (primary N) is 1. The number of thiophene rings is 1. The molecule has 0 spiro atoms. The molecule has 0 aliphatic rings. The van der Waals surface area contributed by atoms with Gasteiger partial charge in [0.15, 0.2) is 6.29 Å². The predicted octanol–water partition coefficient (Wildman–Crippen LogP) is 2.81. The molecule has 0 saturated heterocycles. The Kier molecular flexibility index (Phi) is 2.68. The van der Waals surface area contributed by atoms with Gasteiger partial charge in [0, 0.05) is 11.6 Å². The van der Waals surface area contributed by atoms with Crippen LogP contribution < -0.4 is 5.73 Å². The Balaban J connectivity index is 2.23. The highest BCUT2D eigenvalue weighted by Crippen LogP contribution is 2.29. The van der Waals surface area contributed by atoms with Crippen LogP contribution in [0.1, 0.15) is 20.0 Å². The van der Waals surface area contributed by atoms with Crippen LogP contribution >= 0.6 is 11.3 Å². The Bertz CT molecular complexity index is 786. The fraction of sp³-hybridized carbons (Fsp3) is 0. The average Bonchev–Trinajstić information content (AvgIpc) is 3.05. The number of benzene rings is 1. The van der Waals surface area contributed by atoms with Crippen LogP contribution in [0.4, 0.5) is 0 Å². The Morgan fingerprint density at radius 3 is 2.79 bits per heavy atom. The number of aromatic amines is 1. The van der Waals surface area contributed by atoms with Crippen LogP contribution in [0.15, 0.2) is 35.8 Å². The van der Waals surface area contributed by atoms with E-state index < -0.39 is 5.91 Å². The van der Waals surface area contributed by atoms with Gasteiger partial charge in [-0.25, -0.2) is 0 Å². The first-order chi connectivity index (χ1) is 9.19. The molecule has 0 aliphatic carbocycles. The molecular weight excluding hydrogens is 260 g/mol. The minimum atomic E-state index is -0.472. The van der Waals surface area contributed by atoms with E-state index in [0.29, 0.717) is 10.4 Å². The molecule has 3 aromatic rings. The lowest BCUT2D eigenvalue weighted by atomic mass is 10.0. The Hall–Kier alpha value is -2.40. The van der Waals surface area contributed by atoms with Gasteiger partial charge in [-0.1, -0.05) is 0 Å². The van der Waals surface area contributed by atoms with Gasteiger partial charge in [-0.3, -0.25) is 9.59 Å². The van der Waals surface area contributed by atoms with Gasteiger partial charge in [-0.2, -0.15) is 0 Å². The highest BCUT2D eigenvalue weighted by Gasteiger charge is 2.11. The second-order valence-electron chi connectivity index (χ2n) is 4.19. The van der Waals surface area contributed by atoms with Crippen molar-refractivity contribution in [3.05, 3.63) is 46.3 Å². The van der Waals surface area contributed by atoms with E-state index in [1.54, 1.807) is 18.3 Å². The molecule has 1 aromatic carbocycles. The van der Waals surface area contributed by atoms with E-state index in [0.717, 1.165) is 28.3 Å². The van der Waals surface area contributed by atoms with Crippen LogP contribution in [0, 0.1) is 0 Å². The number of aromatic nitrogens is 1. The zero-order valence-corrected chi connectivity index (χ0v) is 10.7. The highest BCUT2D eigenvalue weighted by molar-refractivity contribution is 7.12. The Morgan fingerprint density at radius 2 is 2.11 bits per heavy atom. The van der Waals surface area contributed by atoms with E-state index in [9.17, 15) is 9.59 Å². The number of aldehydes is 1. The van der Waals surface area contributed by atoms with Crippen LogP contribution in [-0.2, 0) is 0 Å².